The molecule has 0 saturated carbocycles. The SMILES string of the molecule is c1ccc2cc3c(cc2c1)c1ccccc1n3-c1ccc2cc(-c3nc4ccccc4nc3-c3ccc4c(c3)sc3ccccc34)ccc2c1. The van der Waals surface area contributed by atoms with E-state index in [1.807, 2.05) is 35.6 Å². The molecule has 3 nitrogen and oxygen atoms in total. The summed E-state index contributed by atoms with van der Waals surface area (Å²) in [6, 6.07) is 59.0. The summed E-state index contributed by atoms with van der Waals surface area (Å²) in [5.41, 5.74) is 9.28. The maximum atomic E-state index is 5.24. The van der Waals surface area contributed by atoms with Crippen molar-refractivity contribution in [2.75, 3.05) is 0 Å². The minimum absolute atomic E-state index is 0.892. The van der Waals surface area contributed by atoms with Crippen molar-refractivity contribution in [1.29, 1.82) is 0 Å². The molecule has 0 spiro atoms. The van der Waals surface area contributed by atoms with Crippen LogP contribution in [0, 0.1) is 0 Å². The highest BCUT2D eigenvalue weighted by Gasteiger charge is 2.17. The Balaban J connectivity index is 1.08. The fourth-order valence-corrected chi connectivity index (χ4v) is 8.87. The molecule has 0 atom stereocenters. The van der Waals surface area contributed by atoms with E-state index in [9.17, 15) is 0 Å². The summed E-state index contributed by atoms with van der Waals surface area (Å²) < 4.78 is 4.96. The molecule has 0 radical (unpaired) electrons. The summed E-state index contributed by atoms with van der Waals surface area (Å²) >= 11 is 1.83. The Labute approximate surface area is 291 Å². The molecular weight excluding hydrogens is 627 g/mol. The molecule has 0 fully saturated rings. The van der Waals surface area contributed by atoms with Crippen molar-refractivity contribution in [3.05, 3.63) is 164 Å². The van der Waals surface area contributed by atoms with E-state index >= 15 is 0 Å². The van der Waals surface area contributed by atoms with Crippen LogP contribution in [0.3, 0.4) is 0 Å². The maximum Gasteiger partial charge on any atom is 0.0973 e. The molecule has 232 valence electrons. The van der Waals surface area contributed by atoms with Gasteiger partial charge in [0.25, 0.3) is 0 Å². The lowest BCUT2D eigenvalue weighted by atomic mass is 9.99. The zero-order valence-corrected chi connectivity index (χ0v) is 27.7. The van der Waals surface area contributed by atoms with Gasteiger partial charge >= 0.3 is 0 Å². The number of para-hydroxylation sites is 3. The third-order valence-corrected chi connectivity index (χ3v) is 11.3. The number of thiophene rings is 1. The predicted octanol–water partition coefficient (Wildman–Crippen LogP) is 12.7. The molecule has 11 rings (SSSR count). The van der Waals surface area contributed by atoms with Crippen molar-refractivity contribution < 1.29 is 0 Å². The molecule has 0 bridgehead atoms. The number of fused-ring (bicyclic) bond motifs is 9. The Morgan fingerprint density at radius 2 is 0.980 bits per heavy atom. The van der Waals surface area contributed by atoms with Crippen LogP contribution in [0.2, 0.25) is 0 Å². The third kappa shape index (κ3) is 4.16. The molecule has 0 aliphatic carbocycles. The van der Waals surface area contributed by atoms with E-state index < -0.39 is 0 Å². The summed E-state index contributed by atoms with van der Waals surface area (Å²) in [5, 5.41) is 9.96. The molecule has 3 heterocycles. The normalized spacial score (nSPS) is 12.0. The van der Waals surface area contributed by atoms with E-state index in [0.717, 1.165) is 39.2 Å². The Morgan fingerprint density at radius 1 is 0.380 bits per heavy atom. The van der Waals surface area contributed by atoms with Gasteiger partial charge in [0.1, 0.15) is 0 Å². The first-order chi connectivity index (χ1) is 24.7. The van der Waals surface area contributed by atoms with Gasteiger partial charge in [-0.3, -0.25) is 0 Å². The van der Waals surface area contributed by atoms with E-state index in [0.29, 0.717) is 0 Å². The van der Waals surface area contributed by atoms with Crippen molar-refractivity contribution in [3.8, 4) is 28.2 Å². The van der Waals surface area contributed by atoms with Crippen LogP contribution in [0.5, 0.6) is 0 Å². The van der Waals surface area contributed by atoms with Crippen LogP contribution in [0.4, 0.5) is 0 Å². The van der Waals surface area contributed by atoms with E-state index in [2.05, 4.69) is 144 Å². The lowest BCUT2D eigenvalue weighted by Gasteiger charge is -2.13. The van der Waals surface area contributed by atoms with Crippen molar-refractivity contribution in [2.24, 2.45) is 0 Å². The van der Waals surface area contributed by atoms with Crippen LogP contribution in [-0.2, 0) is 0 Å². The second-order valence-corrected chi connectivity index (χ2v) is 14.1. The standard InChI is InChI=1S/C46H27N3S/c1-2-10-29-26-42-38(25-28(29)9-1)35-11-3-7-15-41(35)49(42)34-21-19-30-23-32(18-17-31(30)24-34)45-46(48-40-14-6-5-13-39(40)47-45)33-20-22-37-36-12-4-8-16-43(36)50-44(37)27-33/h1-27H. The molecule has 4 heteroatoms. The predicted molar refractivity (Wildman–Crippen MR) is 213 cm³/mol. The Kier molecular flexibility index (Phi) is 5.83. The molecular formula is C46H27N3S. The zero-order chi connectivity index (χ0) is 32.8. The lowest BCUT2D eigenvalue weighted by molar-refractivity contribution is 1.19. The fourth-order valence-electron chi connectivity index (χ4n) is 7.73. The second-order valence-electron chi connectivity index (χ2n) is 13.0. The summed E-state index contributed by atoms with van der Waals surface area (Å²) in [4.78, 5) is 10.5. The van der Waals surface area contributed by atoms with E-state index in [-0.39, 0.29) is 0 Å². The largest absolute Gasteiger partial charge is 0.309 e. The van der Waals surface area contributed by atoms with Gasteiger partial charge in [-0.15, -0.1) is 11.3 Å². The number of benzene rings is 8. The van der Waals surface area contributed by atoms with E-state index in [1.54, 1.807) is 0 Å². The lowest BCUT2D eigenvalue weighted by Crippen LogP contribution is -1.96. The van der Waals surface area contributed by atoms with Gasteiger partial charge in [0.15, 0.2) is 0 Å². The number of aromatic nitrogens is 3. The Morgan fingerprint density at radius 3 is 1.82 bits per heavy atom. The molecule has 8 aromatic carbocycles. The van der Waals surface area contributed by atoms with Gasteiger partial charge in [0.2, 0.25) is 0 Å². The highest BCUT2D eigenvalue weighted by Crippen LogP contribution is 2.40. The second kappa shape index (κ2) is 10.6. The van der Waals surface area contributed by atoms with Crippen LogP contribution in [0.15, 0.2) is 164 Å². The van der Waals surface area contributed by atoms with E-state index in [4.69, 9.17) is 9.97 Å². The van der Waals surface area contributed by atoms with Gasteiger partial charge in [-0.1, -0.05) is 103 Å². The Bertz CT molecular complexity index is 3170. The minimum atomic E-state index is 0.892. The van der Waals surface area contributed by atoms with Gasteiger partial charge in [-0.05, 0) is 82.2 Å². The van der Waals surface area contributed by atoms with Crippen molar-refractivity contribution in [2.45, 2.75) is 0 Å². The quantitative estimate of drug-likeness (QED) is 0.190. The maximum absolute atomic E-state index is 5.24. The van der Waals surface area contributed by atoms with Crippen LogP contribution in [-0.4, -0.2) is 14.5 Å². The van der Waals surface area contributed by atoms with Gasteiger partial charge < -0.3 is 4.57 Å². The molecule has 0 aliphatic heterocycles. The number of nitrogens with zero attached hydrogens (tertiary/aromatic N) is 3. The number of hydrogen-bond donors (Lipinski definition) is 0. The topological polar surface area (TPSA) is 30.7 Å². The van der Waals surface area contributed by atoms with Crippen LogP contribution < -0.4 is 0 Å². The molecule has 0 aliphatic rings. The average molecular weight is 654 g/mol. The monoisotopic (exact) mass is 653 g/mol. The first kappa shape index (κ1) is 27.6. The number of rotatable bonds is 3. The molecule has 0 amide bonds. The smallest absolute Gasteiger partial charge is 0.0973 e. The van der Waals surface area contributed by atoms with Crippen LogP contribution in [0.25, 0.3) is 103 Å². The van der Waals surface area contributed by atoms with Crippen molar-refractivity contribution >= 4 is 85.9 Å². The van der Waals surface area contributed by atoms with Crippen LogP contribution in [0.1, 0.15) is 0 Å². The first-order valence-corrected chi connectivity index (χ1v) is 17.7. The highest BCUT2D eigenvalue weighted by atomic mass is 32.1. The first-order valence-electron chi connectivity index (χ1n) is 16.9. The molecule has 0 N–H and O–H groups in total. The fraction of sp³-hybridized carbons (Fsp3) is 0. The third-order valence-electron chi connectivity index (χ3n) is 10.1. The molecule has 3 aromatic heterocycles. The van der Waals surface area contributed by atoms with E-state index in [1.165, 1.54) is 63.5 Å². The summed E-state index contributed by atoms with van der Waals surface area (Å²) in [7, 11) is 0. The molecule has 11 aromatic rings. The molecule has 50 heavy (non-hydrogen) atoms. The summed E-state index contributed by atoms with van der Waals surface area (Å²) in [6.45, 7) is 0. The van der Waals surface area contributed by atoms with Crippen LogP contribution >= 0.6 is 11.3 Å². The average Bonchev–Trinajstić information content (AvgIpc) is 3.71. The van der Waals surface area contributed by atoms with Crippen molar-refractivity contribution in [1.82, 2.24) is 14.5 Å². The molecule has 0 saturated heterocycles. The minimum Gasteiger partial charge on any atom is -0.309 e. The highest BCUT2D eigenvalue weighted by molar-refractivity contribution is 7.25. The van der Waals surface area contributed by atoms with Gasteiger partial charge in [-0.25, -0.2) is 9.97 Å². The number of hydrogen-bond acceptors (Lipinski definition) is 3. The molecule has 0 unspecified atom stereocenters. The zero-order valence-electron chi connectivity index (χ0n) is 26.8. The Hall–Kier alpha value is -6.36. The summed E-state index contributed by atoms with van der Waals surface area (Å²) in [5.74, 6) is 0. The summed E-state index contributed by atoms with van der Waals surface area (Å²) in [6.07, 6.45) is 0. The van der Waals surface area contributed by atoms with Gasteiger partial charge in [-0.2, -0.15) is 0 Å². The van der Waals surface area contributed by atoms with Crippen molar-refractivity contribution in [3.63, 3.8) is 0 Å². The van der Waals surface area contributed by atoms with Gasteiger partial charge in [0.05, 0.1) is 33.5 Å². The van der Waals surface area contributed by atoms with Gasteiger partial charge in [0, 0.05) is 47.8 Å².